The van der Waals surface area contributed by atoms with Crippen molar-refractivity contribution < 1.29 is 4.74 Å². The van der Waals surface area contributed by atoms with Gasteiger partial charge in [0.2, 0.25) is 0 Å². The van der Waals surface area contributed by atoms with E-state index in [0.29, 0.717) is 0 Å². The van der Waals surface area contributed by atoms with Gasteiger partial charge in [-0.05, 0) is 13.8 Å². The predicted molar refractivity (Wildman–Crippen MR) is 49.8 cm³/mol. The molecule has 0 saturated heterocycles. The van der Waals surface area contributed by atoms with Crippen LogP contribution in [0.15, 0.2) is 6.20 Å². The average Bonchev–Trinajstić information content (AvgIpc) is 2.06. The van der Waals surface area contributed by atoms with Crippen molar-refractivity contribution in [1.82, 2.24) is 4.98 Å². The van der Waals surface area contributed by atoms with E-state index in [1.165, 1.54) is 0 Å². The monoisotopic (exact) mass is 166 g/mol. The molecular formula is C9H14N2O. The van der Waals surface area contributed by atoms with E-state index in [-0.39, 0.29) is 0 Å². The number of ether oxygens (including phenoxy) is 1. The van der Waals surface area contributed by atoms with Crippen molar-refractivity contribution in [3.63, 3.8) is 0 Å². The van der Waals surface area contributed by atoms with Crippen LogP contribution in [0.3, 0.4) is 0 Å². The lowest BCUT2D eigenvalue weighted by Crippen LogP contribution is -1.99. The zero-order chi connectivity index (χ0) is 9.14. The Bertz CT molecular complexity index is 284. The molecule has 0 spiro atoms. The van der Waals surface area contributed by atoms with Gasteiger partial charge in [-0.25, -0.2) is 4.98 Å². The number of aromatic nitrogens is 1. The van der Waals surface area contributed by atoms with Gasteiger partial charge in [-0.1, -0.05) is 0 Å². The number of pyridine rings is 1. The first-order valence-electron chi connectivity index (χ1n) is 3.88. The van der Waals surface area contributed by atoms with Crippen LogP contribution in [0.5, 0.6) is 5.75 Å². The maximum absolute atomic E-state index is 5.24. The van der Waals surface area contributed by atoms with E-state index in [9.17, 15) is 0 Å². The smallest absolute Gasteiger partial charge is 0.132 e. The van der Waals surface area contributed by atoms with Gasteiger partial charge in [-0.15, -0.1) is 0 Å². The molecule has 0 radical (unpaired) electrons. The summed E-state index contributed by atoms with van der Waals surface area (Å²) in [6, 6.07) is 0. The third kappa shape index (κ3) is 1.35. The normalized spacial score (nSPS) is 9.67. The molecule has 0 atom stereocenters. The van der Waals surface area contributed by atoms with Crippen LogP contribution >= 0.6 is 0 Å². The molecule has 0 saturated carbocycles. The Morgan fingerprint density at radius 1 is 1.42 bits per heavy atom. The van der Waals surface area contributed by atoms with Crippen LogP contribution in [0, 0.1) is 13.8 Å². The molecule has 1 aromatic heterocycles. The van der Waals surface area contributed by atoms with E-state index in [4.69, 9.17) is 4.74 Å². The molecule has 3 nitrogen and oxygen atoms in total. The molecule has 0 amide bonds. The largest absolute Gasteiger partial charge is 0.496 e. The lowest BCUT2D eigenvalue weighted by atomic mass is 10.2. The lowest BCUT2D eigenvalue weighted by molar-refractivity contribution is 0.408. The Labute approximate surface area is 72.8 Å². The minimum Gasteiger partial charge on any atom is -0.496 e. The van der Waals surface area contributed by atoms with Crippen molar-refractivity contribution in [2.75, 3.05) is 19.5 Å². The molecule has 1 N–H and O–H groups in total. The van der Waals surface area contributed by atoms with Gasteiger partial charge in [0.05, 0.1) is 7.11 Å². The second-order valence-corrected chi connectivity index (χ2v) is 2.70. The fourth-order valence-electron chi connectivity index (χ4n) is 1.29. The van der Waals surface area contributed by atoms with E-state index < -0.39 is 0 Å². The van der Waals surface area contributed by atoms with Crippen molar-refractivity contribution in [3.8, 4) is 5.75 Å². The van der Waals surface area contributed by atoms with E-state index >= 15 is 0 Å². The minimum atomic E-state index is 0.873. The molecule has 0 aromatic carbocycles. The second kappa shape index (κ2) is 3.43. The first-order chi connectivity index (χ1) is 5.70. The van der Waals surface area contributed by atoms with Crippen LogP contribution in [0.2, 0.25) is 0 Å². The number of methoxy groups -OCH3 is 1. The lowest BCUT2D eigenvalue weighted by Gasteiger charge is -2.10. The zero-order valence-corrected chi connectivity index (χ0v) is 7.93. The fourth-order valence-corrected chi connectivity index (χ4v) is 1.29. The van der Waals surface area contributed by atoms with Crippen LogP contribution in [-0.2, 0) is 0 Å². The highest BCUT2D eigenvalue weighted by Gasteiger charge is 2.06. The van der Waals surface area contributed by atoms with Crippen molar-refractivity contribution in [2.45, 2.75) is 13.8 Å². The summed E-state index contributed by atoms with van der Waals surface area (Å²) in [5, 5.41) is 3.01. The minimum absolute atomic E-state index is 0.873. The molecule has 12 heavy (non-hydrogen) atoms. The second-order valence-electron chi connectivity index (χ2n) is 2.70. The number of rotatable bonds is 2. The molecule has 3 heteroatoms. The van der Waals surface area contributed by atoms with E-state index in [0.717, 1.165) is 22.7 Å². The van der Waals surface area contributed by atoms with E-state index in [2.05, 4.69) is 10.3 Å². The molecule has 1 rings (SSSR count). The quantitative estimate of drug-likeness (QED) is 0.726. The average molecular weight is 166 g/mol. The molecule has 0 bridgehead atoms. The van der Waals surface area contributed by atoms with Crippen LogP contribution in [0.1, 0.15) is 11.1 Å². The number of hydrogen-bond acceptors (Lipinski definition) is 3. The van der Waals surface area contributed by atoms with Crippen LogP contribution in [0.25, 0.3) is 0 Å². The maximum atomic E-state index is 5.24. The summed E-state index contributed by atoms with van der Waals surface area (Å²) in [5.41, 5.74) is 2.12. The molecule has 1 aromatic rings. The van der Waals surface area contributed by atoms with Crippen LogP contribution < -0.4 is 10.1 Å². The molecule has 1 heterocycles. The van der Waals surface area contributed by atoms with Crippen molar-refractivity contribution in [1.29, 1.82) is 0 Å². The summed E-state index contributed by atoms with van der Waals surface area (Å²) in [6.07, 6.45) is 1.80. The molecular weight excluding hydrogens is 152 g/mol. The van der Waals surface area contributed by atoms with Gasteiger partial charge in [-0.2, -0.15) is 0 Å². The highest BCUT2D eigenvalue weighted by atomic mass is 16.5. The number of nitrogens with one attached hydrogen (secondary N) is 1. The molecule has 0 aliphatic heterocycles. The number of anilines is 1. The summed E-state index contributed by atoms with van der Waals surface area (Å²) >= 11 is 0. The topological polar surface area (TPSA) is 34.2 Å². The van der Waals surface area contributed by atoms with Crippen molar-refractivity contribution >= 4 is 5.82 Å². The molecule has 0 fully saturated rings. The Morgan fingerprint density at radius 2 is 2.08 bits per heavy atom. The molecule has 66 valence electrons. The predicted octanol–water partition coefficient (Wildman–Crippen LogP) is 1.75. The van der Waals surface area contributed by atoms with Crippen molar-refractivity contribution in [2.24, 2.45) is 0 Å². The van der Waals surface area contributed by atoms with Gasteiger partial charge in [-0.3, -0.25) is 0 Å². The summed E-state index contributed by atoms with van der Waals surface area (Å²) in [7, 11) is 3.53. The van der Waals surface area contributed by atoms with Crippen LogP contribution in [0.4, 0.5) is 5.82 Å². The maximum Gasteiger partial charge on any atom is 0.132 e. The summed E-state index contributed by atoms with van der Waals surface area (Å²) in [6.45, 7) is 3.98. The SMILES string of the molecule is CNc1ncc(C)c(OC)c1C. The van der Waals surface area contributed by atoms with Gasteiger partial charge in [0.1, 0.15) is 11.6 Å². The molecule has 0 unspecified atom stereocenters. The van der Waals surface area contributed by atoms with Gasteiger partial charge >= 0.3 is 0 Å². The van der Waals surface area contributed by atoms with Crippen LogP contribution in [-0.4, -0.2) is 19.1 Å². The number of nitrogens with zero attached hydrogens (tertiary/aromatic N) is 1. The number of hydrogen-bond donors (Lipinski definition) is 1. The Balaban J connectivity index is 3.24. The summed E-state index contributed by atoms with van der Waals surface area (Å²) in [4.78, 5) is 4.21. The third-order valence-corrected chi connectivity index (χ3v) is 1.88. The Kier molecular flexibility index (Phi) is 2.53. The molecule has 0 aliphatic rings. The highest BCUT2D eigenvalue weighted by Crippen LogP contribution is 2.26. The standard InChI is InChI=1S/C9H14N2O/c1-6-5-11-9(10-3)7(2)8(6)12-4/h5H,1-4H3,(H,10,11). The summed E-state index contributed by atoms with van der Waals surface area (Å²) < 4.78 is 5.24. The fraction of sp³-hybridized carbons (Fsp3) is 0.444. The first kappa shape index (κ1) is 8.84. The van der Waals surface area contributed by atoms with Gasteiger partial charge < -0.3 is 10.1 Å². The van der Waals surface area contributed by atoms with E-state index in [1.807, 2.05) is 20.9 Å². The first-order valence-corrected chi connectivity index (χ1v) is 3.88. The highest BCUT2D eigenvalue weighted by molar-refractivity contribution is 5.53. The Morgan fingerprint density at radius 3 is 2.58 bits per heavy atom. The van der Waals surface area contributed by atoms with Gasteiger partial charge in [0.25, 0.3) is 0 Å². The van der Waals surface area contributed by atoms with Gasteiger partial charge in [0, 0.05) is 24.4 Å². The zero-order valence-electron chi connectivity index (χ0n) is 7.93. The molecule has 0 aliphatic carbocycles. The summed E-state index contributed by atoms with van der Waals surface area (Å²) in [5.74, 6) is 1.78. The number of aryl methyl sites for hydroxylation is 1. The van der Waals surface area contributed by atoms with Gasteiger partial charge in [0.15, 0.2) is 0 Å². The third-order valence-electron chi connectivity index (χ3n) is 1.88. The van der Waals surface area contributed by atoms with E-state index in [1.54, 1.807) is 13.3 Å². The van der Waals surface area contributed by atoms with Crippen molar-refractivity contribution in [3.05, 3.63) is 17.3 Å². The Hall–Kier alpha value is -1.25.